The summed E-state index contributed by atoms with van der Waals surface area (Å²) in [6.45, 7) is 4.68. The highest BCUT2D eigenvalue weighted by Gasteiger charge is 2.39. The summed E-state index contributed by atoms with van der Waals surface area (Å²) in [4.78, 5) is 27.8. The number of rotatable bonds is 4. The smallest absolute Gasteiger partial charge is 0.216 e. The number of benzene rings is 1. The van der Waals surface area contributed by atoms with Gasteiger partial charge in [0.25, 0.3) is 0 Å². The Morgan fingerprint density at radius 3 is 2.36 bits per heavy atom. The Balaban J connectivity index is 1.23. The van der Waals surface area contributed by atoms with Crippen LogP contribution < -0.4 is 0 Å². The summed E-state index contributed by atoms with van der Waals surface area (Å²) in [5.74, 6) is -0.762. The first-order valence-electron chi connectivity index (χ1n) is 9.79. The molecule has 1 aromatic heterocycles. The lowest BCUT2D eigenvalue weighted by Gasteiger charge is -2.37. The first-order chi connectivity index (χ1) is 13.7. The van der Waals surface area contributed by atoms with E-state index in [4.69, 9.17) is 9.47 Å². The van der Waals surface area contributed by atoms with Crippen LogP contribution in [-0.4, -0.2) is 70.1 Å². The number of ketones is 2. The number of piperidine rings is 1. The fourth-order valence-corrected chi connectivity index (χ4v) is 4.33. The van der Waals surface area contributed by atoms with Crippen molar-refractivity contribution in [2.75, 3.05) is 32.8 Å². The van der Waals surface area contributed by atoms with E-state index in [9.17, 15) is 9.59 Å². The molecule has 0 atom stereocenters. The minimum Gasteiger partial charge on any atom is -0.347 e. The summed E-state index contributed by atoms with van der Waals surface area (Å²) >= 11 is 0. The number of fused-ring (bicyclic) bond motifs is 2. The van der Waals surface area contributed by atoms with Crippen LogP contribution in [0.1, 0.15) is 51.4 Å². The van der Waals surface area contributed by atoms with Gasteiger partial charge in [-0.1, -0.05) is 29.5 Å². The molecule has 2 saturated heterocycles. The average molecular weight is 382 g/mol. The topological polar surface area (TPSA) is 86.5 Å². The lowest BCUT2D eigenvalue weighted by Crippen LogP contribution is -2.45. The predicted octanol–water partition coefficient (Wildman–Crippen LogP) is 1.28. The van der Waals surface area contributed by atoms with Crippen molar-refractivity contribution >= 4 is 11.6 Å². The van der Waals surface area contributed by atoms with Crippen LogP contribution in [0.15, 0.2) is 24.3 Å². The molecule has 2 aliphatic heterocycles. The predicted molar refractivity (Wildman–Crippen MR) is 98.3 cm³/mol. The summed E-state index contributed by atoms with van der Waals surface area (Å²) in [5, 5.41) is 8.09. The van der Waals surface area contributed by atoms with E-state index in [0.717, 1.165) is 38.9 Å². The van der Waals surface area contributed by atoms with Gasteiger partial charge in [-0.15, -0.1) is 5.10 Å². The van der Waals surface area contributed by atoms with E-state index in [1.165, 1.54) is 0 Å². The zero-order valence-electron chi connectivity index (χ0n) is 15.6. The number of aromatic nitrogens is 3. The van der Waals surface area contributed by atoms with Crippen LogP contribution in [0.3, 0.4) is 0 Å². The second-order valence-electron chi connectivity index (χ2n) is 7.52. The first kappa shape index (κ1) is 17.7. The standard InChI is InChI=1S/C20H22N4O4/c25-18-14-4-1-2-5-15(14)19(26)17-16(18)21-22-24(17)9-3-8-23-10-6-20(7-11-23)27-12-13-28-20/h1-2,4-5H,3,6-13H2. The molecule has 0 amide bonds. The Kier molecular flexibility index (Phi) is 4.34. The van der Waals surface area contributed by atoms with Gasteiger partial charge in [0, 0.05) is 43.6 Å². The van der Waals surface area contributed by atoms with E-state index in [1.807, 2.05) is 0 Å². The van der Waals surface area contributed by atoms with Crippen LogP contribution in [0.25, 0.3) is 0 Å². The van der Waals surface area contributed by atoms with Gasteiger partial charge in [-0.3, -0.25) is 9.59 Å². The number of hydrogen-bond acceptors (Lipinski definition) is 7. The van der Waals surface area contributed by atoms with Crippen LogP contribution in [0.5, 0.6) is 0 Å². The van der Waals surface area contributed by atoms with Gasteiger partial charge in [-0.25, -0.2) is 4.68 Å². The van der Waals surface area contributed by atoms with Crippen molar-refractivity contribution < 1.29 is 19.1 Å². The number of carbonyl (C=O) groups excluding carboxylic acids is 2. The SMILES string of the molecule is O=C1c2ccccc2C(=O)c2c1nnn2CCCN1CCC2(CC1)OCCO2. The number of ether oxygens (including phenoxy) is 2. The monoisotopic (exact) mass is 382 g/mol. The molecular formula is C20H22N4O4. The molecule has 3 heterocycles. The highest BCUT2D eigenvalue weighted by molar-refractivity contribution is 6.26. The summed E-state index contributed by atoms with van der Waals surface area (Å²) in [5.41, 5.74) is 1.32. The molecule has 28 heavy (non-hydrogen) atoms. The van der Waals surface area contributed by atoms with Crippen molar-refractivity contribution in [3.63, 3.8) is 0 Å². The number of aryl methyl sites for hydroxylation is 1. The third kappa shape index (κ3) is 2.88. The van der Waals surface area contributed by atoms with E-state index in [2.05, 4.69) is 15.2 Å². The summed E-state index contributed by atoms with van der Waals surface area (Å²) in [6.07, 6.45) is 2.60. The molecule has 8 heteroatoms. The van der Waals surface area contributed by atoms with Gasteiger partial charge in [0.2, 0.25) is 11.6 Å². The van der Waals surface area contributed by atoms with E-state index in [1.54, 1.807) is 28.9 Å². The minimum atomic E-state index is -0.359. The molecule has 5 rings (SSSR count). The maximum absolute atomic E-state index is 12.9. The lowest BCUT2D eigenvalue weighted by molar-refractivity contribution is -0.185. The average Bonchev–Trinajstić information content (AvgIpc) is 3.36. The van der Waals surface area contributed by atoms with E-state index in [-0.39, 0.29) is 23.0 Å². The van der Waals surface area contributed by atoms with Gasteiger partial charge in [0.05, 0.1) is 13.2 Å². The van der Waals surface area contributed by atoms with Crippen molar-refractivity contribution in [2.45, 2.75) is 31.6 Å². The van der Waals surface area contributed by atoms with Crippen molar-refractivity contribution in [3.05, 3.63) is 46.8 Å². The molecule has 0 bridgehead atoms. The molecule has 3 aliphatic rings. The van der Waals surface area contributed by atoms with Gasteiger partial charge in [0.15, 0.2) is 11.5 Å². The van der Waals surface area contributed by atoms with Crippen LogP contribution in [0, 0.1) is 0 Å². The zero-order chi connectivity index (χ0) is 19.1. The molecule has 2 fully saturated rings. The Labute approximate surface area is 162 Å². The normalized spacial score (nSPS) is 21.1. The maximum Gasteiger partial charge on any atom is 0.216 e. The molecule has 8 nitrogen and oxygen atoms in total. The third-order valence-corrected chi connectivity index (χ3v) is 5.86. The molecule has 0 N–H and O–H groups in total. The molecule has 2 aromatic rings. The largest absolute Gasteiger partial charge is 0.347 e. The van der Waals surface area contributed by atoms with Gasteiger partial charge in [-0.2, -0.15) is 0 Å². The Morgan fingerprint density at radius 2 is 1.64 bits per heavy atom. The fraction of sp³-hybridized carbons (Fsp3) is 0.500. The van der Waals surface area contributed by atoms with Crippen LogP contribution in [-0.2, 0) is 16.0 Å². The summed E-state index contributed by atoms with van der Waals surface area (Å²) in [7, 11) is 0. The molecule has 1 aromatic carbocycles. The molecule has 0 radical (unpaired) electrons. The first-order valence-corrected chi connectivity index (χ1v) is 9.79. The van der Waals surface area contributed by atoms with Crippen molar-refractivity contribution in [3.8, 4) is 0 Å². The van der Waals surface area contributed by atoms with Gasteiger partial charge in [-0.05, 0) is 13.0 Å². The van der Waals surface area contributed by atoms with Crippen LogP contribution in [0.4, 0.5) is 0 Å². The second-order valence-corrected chi connectivity index (χ2v) is 7.52. The number of carbonyl (C=O) groups is 2. The molecule has 146 valence electrons. The number of likely N-dealkylation sites (tertiary alicyclic amines) is 1. The molecular weight excluding hydrogens is 360 g/mol. The Morgan fingerprint density at radius 1 is 0.964 bits per heavy atom. The quantitative estimate of drug-likeness (QED) is 0.672. The Bertz CT molecular complexity index is 922. The molecule has 0 unspecified atom stereocenters. The fourth-order valence-electron chi connectivity index (χ4n) is 4.33. The summed E-state index contributed by atoms with van der Waals surface area (Å²) < 4.78 is 13.1. The molecule has 1 spiro atoms. The van der Waals surface area contributed by atoms with Crippen molar-refractivity contribution in [1.82, 2.24) is 19.9 Å². The number of hydrogen-bond donors (Lipinski definition) is 0. The van der Waals surface area contributed by atoms with Gasteiger partial charge < -0.3 is 14.4 Å². The zero-order valence-corrected chi connectivity index (χ0v) is 15.6. The molecule has 0 saturated carbocycles. The third-order valence-electron chi connectivity index (χ3n) is 5.86. The van der Waals surface area contributed by atoms with Crippen molar-refractivity contribution in [2.24, 2.45) is 0 Å². The lowest BCUT2D eigenvalue weighted by atomic mass is 9.90. The maximum atomic E-state index is 12.9. The highest BCUT2D eigenvalue weighted by atomic mass is 16.7. The number of nitrogens with zero attached hydrogens (tertiary/aromatic N) is 4. The van der Waals surface area contributed by atoms with Crippen LogP contribution in [0.2, 0.25) is 0 Å². The molecule has 1 aliphatic carbocycles. The summed E-state index contributed by atoms with van der Waals surface area (Å²) in [6, 6.07) is 6.87. The van der Waals surface area contributed by atoms with E-state index >= 15 is 0 Å². The van der Waals surface area contributed by atoms with Gasteiger partial charge >= 0.3 is 0 Å². The Hall–Kier alpha value is -2.42. The van der Waals surface area contributed by atoms with E-state index in [0.29, 0.717) is 36.6 Å². The van der Waals surface area contributed by atoms with Crippen LogP contribution >= 0.6 is 0 Å². The van der Waals surface area contributed by atoms with Gasteiger partial charge in [0.1, 0.15) is 5.69 Å². The second kappa shape index (κ2) is 6.88. The van der Waals surface area contributed by atoms with Crippen molar-refractivity contribution in [1.29, 1.82) is 0 Å². The minimum absolute atomic E-state index is 0.166. The van der Waals surface area contributed by atoms with E-state index < -0.39 is 0 Å². The highest BCUT2D eigenvalue weighted by Crippen LogP contribution is 2.31.